The smallest absolute Gasteiger partial charge is 0.341 e. The number of halogens is 1. The van der Waals surface area contributed by atoms with Crippen molar-refractivity contribution < 1.29 is 14.5 Å². The lowest BCUT2D eigenvalue weighted by Gasteiger charge is -1.99. The Kier molecular flexibility index (Phi) is 4.05. The van der Waals surface area contributed by atoms with Crippen LogP contribution in [-0.2, 0) is 4.74 Å². The molecule has 2 aromatic rings. The number of aromatic amines is 1. The number of aromatic nitrogens is 1. The molecule has 6 nitrogen and oxygen atoms in total. The van der Waals surface area contributed by atoms with E-state index >= 15 is 0 Å². The van der Waals surface area contributed by atoms with Gasteiger partial charge in [-0.15, -0.1) is 0 Å². The lowest BCUT2D eigenvalue weighted by atomic mass is 10.1. The summed E-state index contributed by atoms with van der Waals surface area (Å²) in [6, 6.07) is 7.64. The van der Waals surface area contributed by atoms with E-state index in [1.54, 1.807) is 25.1 Å². The number of ether oxygens (including phenoxy) is 1. The monoisotopic (exact) mass is 294 g/mol. The number of nitro benzene ring substituents is 1. The van der Waals surface area contributed by atoms with Crippen LogP contribution in [0.5, 0.6) is 0 Å². The van der Waals surface area contributed by atoms with E-state index in [4.69, 9.17) is 16.3 Å². The van der Waals surface area contributed by atoms with Gasteiger partial charge in [0.2, 0.25) is 0 Å². The summed E-state index contributed by atoms with van der Waals surface area (Å²) in [5, 5.41) is 11.1. The van der Waals surface area contributed by atoms with Crippen LogP contribution in [0.1, 0.15) is 17.3 Å². The fourth-order valence-electron chi connectivity index (χ4n) is 1.79. The zero-order valence-corrected chi connectivity index (χ0v) is 11.3. The van der Waals surface area contributed by atoms with E-state index in [-0.39, 0.29) is 23.0 Å². The zero-order chi connectivity index (χ0) is 14.7. The first-order valence-electron chi connectivity index (χ1n) is 5.84. The molecule has 0 aliphatic carbocycles. The van der Waals surface area contributed by atoms with Crippen molar-refractivity contribution in [1.82, 2.24) is 4.98 Å². The number of hydrogen-bond donors (Lipinski definition) is 1. The van der Waals surface area contributed by atoms with Gasteiger partial charge in [0.1, 0.15) is 5.15 Å². The van der Waals surface area contributed by atoms with Crippen LogP contribution in [0.25, 0.3) is 11.3 Å². The predicted molar refractivity (Wildman–Crippen MR) is 73.8 cm³/mol. The number of nitrogens with zero attached hydrogens (tertiary/aromatic N) is 1. The van der Waals surface area contributed by atoms with E-state index in [2.05, 4.69) is 4.98 Å². The van der Waals surface area contributed by atoms with Gasteiger partial charge >= 0.3 is 5.97 Å². The van der Waals surface area contributed by atoms with Crippen LogP contribution >= 0.6 is 11.6 Å². The molecule has 0 atom stereocenters. The molecule has 104 valence electrons. The standard InChI is InChI=1S/C13H11ClN2O4/c1-2-20-13(17)9-7-10(15-12(9)14)8-5-3-4-6-11(8)16(18)19/h3-7,15H,2H2,1H3. The van der Waals surface area contributed by atoms with Crippen molar-refractivity contribution in [2.24, 2.45) is 0 Å². The van der Waals surface area contributed by atoms with Crippen molar-refractivity contribution in [3.05, 3.63) is 51.2 Å². The SMILES string of the molecule is CCOC(=O)c1cc(-c2ccccc2[N+](=O)[O-])[nH]c1Cl. The van der Waals surface area contributed by atoms with Gasteiger partial charge in [-0.05, 0) is 19.1 Å². The van der Waals surface area contributed by atoms with Crippen LogP contribution in [0, 0.1) is 10.1 Å². The molecule has 20 heavy (non-hydrogen) atoms. The van der Waals surface area contributed by atoms with Gasteiger partial charge < -0.3 is 9.72 Å². The van der Waals surface area contributed by atoms with Crippen molar-refractivity contribution >= 4 is 23.3 Å². The Bertz CT molecular complexity index is 666. The minimum absolute atomic E-state index is 0.0687. The minimum atomic E-state index is -0.571. The number of nitrogens with one attached hydrogen (secondary N) is 1. The second-order valence-electron chi connectivity index (χ2n) is 3.91. The predicted octanol–water partition coefficient (Wildman–Crippen LogP) is 3.42. The van der Waals surface area contributed by atoms with Crippen LogP contribution in [-0.4, -0.2) is 22.5 Å². The first kappa shape index (κ1) is 14.1. The molecule has 0 radical (unpaired) electrons. The molecule has 2 rings (SSSR count). The maximum absolute atomic E-state index is 11.7. The fraction of sp³-hybridized carbons (Fsp3) is 0.154. The largest absolute Gasteiger partial charge is 0.462 e. The van der Waals surface area contributed by atoms with Crippen molar-refractivity contribution in [2.75, 3.05) is 6.61 Å². The molecule has 1 N–H and O–H groups in total. The summed E-state index contributed by atoms with van der Waals surface area (Å²) in [5.41, 5.74) is 0.836. The van der Waals surface area contributed by atoms with Gasteiger partial charge in [-0.2, -0.15) is 0 Å². The first-order valence-corrected chi connectivity index (χ1v) is 6.21. The molecule has 0 spiro atoms. The maximum Gasteiger partial charge on any atom is 0.341 e. The summed E-state index contributed by atoms with van der Waals surface area (Å²) in [7, 11) is 0. The van der Waals surface area contributed by atoms with E-state index < -0.39 is 10.9 Å². The van der Waals surface area contributed by atoms with Gasteiger partial charge in [0.15, 0.2) is 0 Å². The number of hydrogen-bond acceptors (Lipinski definition) is 4. The third kappa shape index (κ3) is 2.65. The van der Waals surface area contributed by atoms with Gasteiger partial charge in [0.05, 0.1) is 28.4 Å². The molecule has 0 aliphatic rings. The van der Waals surface area contributed by atoms with E-state index in [1.165, 1.54) is 12.1 Å². The number of nitro groups is 1. The van der Waals surface area contributed by atoms with Crippen LogP contribution < -0.4 is 0 Å². The summed E-state index contributed by atoms with van der Waals surface area (Å²) in [4.78, 5) is 24.9. The molecule has 0 saturated heterocycles. The molecule has 7 heteroatoms. The van der Waals surface area contributed by atoms with Gasteiger partial charge in [0.25, 0.3) is 5.69 Å². The minimum Gasteiger partial charge on any atom is -0.462 e. The van der Waals surface area contributed by atoms with E-state index in [9.17, 15) is 14.9 Å². The summed E-state index contributed by atoms with van der Waals surface area (Å²) in [5.74, 6) is -0.571. The number of rotatable bonds is 4. The van der Waals surface area contributed by atoms with Crippen molar-refractivity contribution in [1.29, 1.82) is 0 Å². The molecular weight excluding hydrogens is 284 g/mol. The second-order valence-corrected chi connectivity index (χ2v) is 4.28. The van der Waals surface area contributed by atoms with Crippen molar-refractivity contribution in [3.8, 4) is 11.3 Å². The average Bonchev–Trinajstić information content (AvgIpc) is 2.81. The normalized spacial score (nSPS) is 10.3. The van der Waals surface area contributed by atoms with E-state index in [0.717, 1.165) is 0 Å². The Hall–Kier alpha value is -2.34. The highest BCUT2D eigenvalue weighted by Crippen LogP contribution is 2.31. The third-order valence-electron chi connectivity index (χ3n) is 2.66. The Labute approximate surface area is 119 Å². The lowest BCUT2D eigenvalue weighted by molar-refractivity contribution is -0.384. The summed E-state index contributed by atoms with van der Waals surface area (Å²) < 4.78 is 4.86. The number of carbonyl (C=O) groups is 1. The highest BCUT2D eigenvalue weighted by molar-refractivity contribution is 6.32. The van der Waals surface area contributed by atoms with Crippen LogP contribution in [0.3, 0.4) is 0 Å². The van der Waals surface area contributed by atoms with Gasteiger partial charge in [-0.1, -0.05) is 23.7 Å². The second kappa shape index (κ2) is 5.75. The van der Waals surface area contributed by atoms with Crippen LogP contribution in [0.4, 0.5) is 5.69 Å². The molecule has 0 amide bonds. The summed E-state index contributed by atoms with van der Waals surface area (Å²) in [6.07, 6.45) is 0. The first-order chi connectivity index (χ1) is 9.54. The highest BCUT2D eigenvalue weighted by Gasteiger charge is 2.20. The van der Waals surface area contributed by atoms with E-state index in [0.29, 0.717) is 11.3 Å². The molecule has 1 heterocycles. The molecule has 0 saturated carbocycles. The highest BCUT2D eigenvalue weighted by atomic mass is 35.5. The lowest BCUT2D eigenvalue weighted by Crippen LogP contribution is -2.03. The number of esters is 1. The molecule has 0 bridgehead atoms. The molecule has 1 aromatic heterocycles. The third-order valence-corrected chi connectivity index (χ3v) is 2.95. The molecule has 0 unspecified atom stereocenters. The molecule has 0 aliphatic heterocycles. The molecule has 0 fully saturated rings. The van der Waals surface area contributed by atoms with E-state index in [1.807, 2.05) is 0 Å². The number of para-hydroxylation sites is 1. The summed E-state index contributed by atoms with van der Waals surface area (Å²) >= 11 is 5.93. The number of benzene rings is 1. The Balaban J connectivity index is 2.48. The topological polar surface area (TPSA) is 85.2 Å². The quantitative estimate of drug-likeness (QED) is 0.532. The van der Waals surface area contributed by atoms with Crippen LogP contribution in [0.2, 0.25) is 5.15 Å². The van der Waals surface area contributed by atoms with Crippen LogP contribution in [0.15, 0.2) is 30.3 Å². The Morgan fingerprint density at radius 3 is 2.80 bits per heavy atom. The Morgan fingerprint density at radius 1 is 1.45 bits per heavy atom. The summed E-state index contributed by atoms with van der Waals surface area (Å²) in [6.45, 7) is 1.91. The molecule has 1 aromatic carbocycles. The average molecular weight is 295 g/mol. The van der Waals surface area contributed by atoms with Crippen molar-refractivity contribution in [3.63, 3.8) is 0 Å². The number of H-pyrrole nitrogens is 1. The molecular formula is C13H11ClN2O4. The number of carbonyl (C=O) groups excluding carboxylic acids is 1. The fourth-order valence-corrected chi connectivity index (χ4v) is 2.03. The zero-order valence-electron chi connectivity index (χ0n) is 10.6. The Morgan fingerprint density at radius 2 is 2.15 bits per heavy atom. The maximum atomic E-state index is 11.7. The van der Waals surface area contributed by atoms with Crippen molar-refractivity contribution in [2.45, 2.75) is 6.92 Å². The van der Waals surface area contributed by atoms with Gasteiger partial charge in [0, 0.05) is 6.07 Å². The van der Waals surface area contributed by atoms with Gasteiger partial charge in [-0.25, -0.2) is 4.79 Å². The van der Waals surface area contributed by atoms with Gasteiger partial charge in [-0.3, -0.25) is 10.1 Å².